The quantitative estimate of drug-likeness (QED) is 0.425. The number of carbonyl (C=O) groups is 3. The van der Waals surface area contributed by atoms with Crippen LogP contribution >= 0.6 is 11.8 Å². The molecule has 1 N–H and O–H groups in total. The Bertz CT molecular complexity index is 1090. The van der Waals surface area contributed by atoms with Gasteiger partial charge in [-0.05, 0) is 73.1 Å². The number of hydrogen-bond donors (Lipinski definition) is 1. The Kier molecular flexibility index (Phi) is 6.31. The number of carbonyl (C=O) groups excluding carboxylic acids is 3. The number of nitrogens with zero attached hydrogens (tertiary/aromatic N) is 3. The van der Waals surface area contributed by atoms with Crippen LogP contribution in [-0.4, -0.2) is 40.8 Å². The summed E-state index contributed by atoms with van der Waals surface area (Å²) in [4.78, 5) is 36.7. The maximum absolute atomic E-state index is 12.4. The third kappa shape index (κ3) is 4.74. The van der Waals surface area contributed by atoms with Crippen LogP contribution in [0.5, 0.6) is 5.75 Å². The number of aryl methyl sites for hydroxylation is 2. The van der Waals surface area contributed by atoms with Crippen molar-refractivity contribution < 1.29 is 24.2 Å². The van der Waals surface area contributed by atoms with Crippen LogP contribution in [0.1, 0.15) is 16.7 Å². The molecule has 0 radical (unpaired) electrons. The topological polar surface area (TPSA) is 109 Å². The lowest BCUT2D eigenvalue weighted by Crippen LogP contribution is -2.34. The first-order valence-corrected chi connectivity index (χ1v) is 9.74. The van der Waals surface area contributed by atoms with Crippen molar-refractivity contribution in [2.24, 2.45) is 10.2 Å². The number of phenolic OH excluding ortho intramolecular Hbond substituents is 1. The molecule has 30 heavy (non-hydrogen) atoms. The van der Waals surface area contributed by atoms with E-state index < -0.39 is 23.7 Å². The molecule has 0 aromatic heterocycles. The minimum atomic E-state index is -0.699. The fraction of sp³-hybridized carbons (Fsp3) is 0.190. The maximum atomic E-state index is 12.4. The standard InChI is InChI=1S/C21H19N3O5S/c1-12-4-5-15(8-13(12)2)22-23-16-6-7-17(25)14(9-16)10-18-20(27)24(21(28)30-18)11-19(26)29-3/h4-10,25H,11H2,1-3H3/b18-10-,23-22?. The Labute approximate surface area is 177 Å². The summed E-state index contributed by atoms with van der Waals surface area (Å²) in [7, 11) is 1.17. The zero-order valence-corrected chi connectivity index (χ0v) is 17.4. The van der Waals surface area contributed by atoms with Gasteiger partial charge in [0.1, 0.15) is 12.3 Å². The van der Waals surface area contributed by atoms with Gasteiger partial charge < -0.3 is 9.84 Å². The molecule has 9 heteroatoms. The summed E-state index contributed by atoms with van der Waals surface area (Å²) in [5.41, 5.74) is 3.71. The predicted octanol–water partition coefficient (Wildman–Crippen LogP) is 4.63. The van der Waals surface area contributed by atoms with Crippen LogP contribution in [0.25, 0.3) is 6.08 Å². The Hall–Kier alpha value is -3.46. The van der Waals surface area contributed by atoms with Crippen LogP contribution < -0.4 is 0 Å². The third-order valence-corrected chi connectivity index (χ3v) is 5.37. The summed E-state index contributed by atoms with van der Waals surface area (Å²) in [5.74, 6) is -1.41. The van der Waals surface area contributed by atoms with Gasteiger partial charge >= 0.3 is 5.97 Å². The van der Waals surface area contributed by atoms with Gasteiger partial charge in [0.25, 0.3) is 11.1 Å². The summed E-state index contributed by atoms with van der Waals surface area (Å²) < 4.78 is 4.50. The van der Waals surface area contributed by atoms with E-state index in [4.69, 9.17) is 0 Å². The summed E-state index contributed by atoms with van der Waals surface area (Å²) >= 11 is 0.682. The van der Waals surface area contributed by atoms with Crippen molar-refractivity contribution in [3.8, 4) is 5.75 Å². The van der Waals surface area contributed by atoms with E-state index in [9.17, 15) is 19.5 Å². The molecular weight excluding hydrogens is 406 g/mol. The number of hydrogen-bond acceptors (Lipinski definition) is 8. The lowest BCUT2D eigenvalue weighted by molar-refractivity contribution is -0.143. The van der Waals surface area contributed by atoms with E-state index in [1.54, 1.807) is 12.1 Å². The average molecular weight is 425 g/mol. The second-order valence-corrected chi connectivity index (χ2v) is 7.55. The highest BCUT2D eigenvalue weighted by Crippen LogP contribution is 2.35. The first kappa shape index (κ1) is 21.3. The van der Waals surface area contributed by atoms with Crippen LogP contribution in [0, 0.1) is 13.8 Å². The summed E-state index contributed by atoms with van der Waals surface area (Å²) in [6, 6.07) is 10.3. The van der Waals surface area contributed by atoms with Crippen LogP contribution in [0.3, 0.4) is 0 Å². The molecule has 2 amide bonds. The molecule has 1 saturated heterocycles. The van der Waals surface area contributed by atoms with Gasteiger partial charge in [-0.25, -0.2) is 0 Å². The number of phenols is 1. The highest BCUT2D eigenvalue weighted by molar-refractivity contribution is 8.18. The monoisotopic (exact) mass is 425 g/mol. The van der Waals surface area contributed by atoms with Gasteiger partial charge in [0, 0.05) is 5.56 Å². The van der Waals surface area contributed by atoms with Crippen molar-refractivity contribution in [2.75, 3.05) is 13.7 Å². The van der Waals surface area contributed by atoms with Gasteiger partial charge in [0.2, 0.25) is 0 Å². The van der Waals surface area contributed by atoms with E-state index in [2.05, 4.69) is 15.0 Å². The van der Waals surface area contributed by atoms with Crippen LogP contribution in [0.2, 0.25) is 0 Å². The molecule has 1 aliphatic heterocycles. The molecule has 2 aromatic rings. The summed E-state index contributed by atoms with van der Waals surface area (Å²) in [6.45, 7) is 3.53. The first-order valence-electron chi connectivity index (χ1n) is 8.92. The molecule has 0 spiro atoms. The van der Waals surface area contributed by atoms with Crippen LogP contribution in [-0.2, 0) is 14.3 Å². The summed E-state index contributed by atoms with van der Waals surface area (Å²) in [5, 5.41) is 17.9. The molecule has 0 bridgehead atoms. The highest BCUT2D eigenvalue weighted by atomic mass is 32.2. The average Bonchev–Trinajstić information content (AvgIpc) is 2.98. The van der Waals surface area contributed by atoms with Crippen LogP contribution in [0.4, 0.5) is 16.2 Å². The van der Waals surface area contributed by atoms with Gasteiger partial charge in [-0.2, -0.15) is 10.2 Å². The summed E-state index contributed by atoms with van der Waals surface area (Å²) in [6.07, 6.45) is 1.38. The number of ether oxygens (including phenoxy) is 1. The minimum absolute atomic E-state index is 0.0834. The number of rotatable bonds is 5. The molecule has 154 valence electrons. The predicted molar refractivity (Wildman–Crippen MR) is 113 cm³/mol. The Balaban J connectivity index is 1.84. The second-order valence-electron chi connectivity index (χ2n) is 6.56. The number of esters is 1. The van der Waals surface area contributed by atoms with E-state index in [0.717, 1.165) is 16.0 Å². The third-order valence-electron chi connectivity index (χ3n) is 4.46. The molecule has 8 nitrogen and oxygen atoms in total. The van der Waals surface area contributed by atoms with Crippen molar-refractivity contribution >= 4 is 46.3 Å². The largest absolute Gasteiger partial charge is 0.507 e. The molecule has 1 fully saturated rings. The number of imide groups is 1. The maximum Gasteiger partial charge on any atom is 0.325 e. The van der Waals surface area contributed by atoms with Gasteiger partial charge in [0.15, 0.2) is 0 Å². The molecule has 3 rings (SSSR count). The van der Waals surface area contributed by atoms with Crippen molar-refractivity contribution in [3.05, 3.63) is 58.0 Å². The zero-order chi connectivity index (χ0) is 21.8. The molecule has 1 heterocycles. The Morgan fingerprint density at radius 1 is 1.10 bits per heavy atom. The number of amides is 2. The van der Waals surface area contributed by atoms with Gasteiger partial charge in [-0.15, -0.1) is 0 Å². The fourth-order valence-corrected chi connectivity index (χ4v) is 3.42. The van der Waals surface area contributed by atoms with Crippen molar-refractivity contribution in [3.63, 3.8) is 0 Å². The lowest BCUT2D eigenvalue weighted by atomic mass is 10.1. The molecule has 0 atom stereocenters. The number of benzene rings is 2. The number of thioether (sulfide) groups is 1. The molecule has 0 unspecified atom stereocenters. The number of azo groups is 1. The molecule has 0 aliphatic carbocycles. The Morgan fingerprint density at radius 2 is 1.77 bits per heavy atom. The lowest BCUT2D eigenvalue weighted by Gasteiger charge is -2.09. The molecule has 2 aromatic carbocycles. The second kappa shape index (κ2) is 8.91. The zero-order valence-electron chi connectivity index (χ0n) is 16.6. The SMILES string of the molecule is COC(=O)CN1C(=O)S/C(=C\c2cc(N=Nc3ccc(C)c(C)c3)ccc2O)C1=O. The van der Waals surface area contributed by atoms with Crippen LogP contribution in [0.15, 0.2) is 51.5 Å². The normalized spacial score (nSPS) is 15.4. The van der Waals surface area contributed by atoms with E-state index in [0.29, 0.717) is 28.7 Å². The van der Waals surface area contributed by atoms with E-state index in [-0.39, 0.29) is 10.7 Å². The molecular formula is C21H19N3O5S. The van der Waals surface area contributed by atoms with Gasteiger partial charge in [-0.3, -0.25) is 19.3 Å². The van der Waals surface area contributed by atoms with Crippen molar-refractivity contribution in [1.82, 2.24) is 4.90 Å². The minimum Gasteiger partial charge on any atom is -0.507 e. The van der Waals surface area contributed by atoms with Crippen molar-refractivity contribution in [2.45, 2.75) is 13.8 Å². The van der Waals surface area contributed by atoms with E-state index >= 15 is 0 Å². The number of methoxy groups -OCH3 is 1. The van der Waals surface area contributed by atoms with E-state index in [1.807, 2.05) is 32.0 Å². The van der Waals surface area contributed by atoms with E-state index in [1.165, 1.54) is 19.3 Å². The van der Waals surface area contributed by atoms with Gasteiger partial charge in [0.05, 0.1) is 23.4 Å². The smallest absolute Gasteiger partial charge is 0.325 e. The van der Waals surface area contributed by atoms with Gasteiger partial charge in [-0.1, -0.05) is 6.07 Å². The highest BCUT2D eigenvalue weighted by Gasteiger charge is 2.36. The molecule has 1 aliphatic rings. The number of aromatic hydroxyl groups is 1. The first-order chi connectivity index (χ1) is 14.3. The Morgan fingerprint density at radius 3 is 2.43 bits per heavy atom. The fourth-order valence-electron chi connectivity index (χ4n) is 2.59. The van der Waals surface area contributed by atoms with Crippen molar-refractivity contribution in [1.29, 1.82) is 0 Å². The molecule has 0 saturated carbocycles.